The molecular weight excluding hydrogens is 420 g/mol. The van der Waals surface area contributed by atoms with E-state index < -0.39 is 0 Å². The highest BCUT2D eigenvalue weighted by molar-refractivity contribution is 7.10. The molecule has 3 amide bonds. The summed E-state index contributed by atoms with van der Waals surface area (Å²) in [6.45, 7) is 3.31. The van der Waals surface area contributed by atoms with Gasteiger partial charge in [-0.05, 0) is 69.9 Å². The minimum atomic E-state index is -0.307. The van der Waals surface area contributed by atoms with E-state index in [4.69, 9.17) is 11.6 Å². The largest absolute Gasteiger partial charge is 0.336 e. The third kappa shape index (κ3) is 5.53. The SMILES string of the molecule is CC1CCCCN1C(=O)c1ccc(NC(=O)NCC(c2cccs2)N(C)C)cc1Cl. The van der Waals surface area contributed by atoms with Gasteiger partial charge in [0.1, 0.15) is 0 Å². The van der Waals surface area contributed by atoms with Crippen LogP contribution in [0.2, 0.25) is 5.02 Å². The number of amides is 3. The Morgan fingerprint density at radius 1 is 1.30 bits per heavy atom. The van der Waals surface area contributed by atoms with E-state index in [0.29, 0.717) is 22.8 Å². The Morgan fingerprint density at radius 2 is 2.10 bits per heavy atom. The molecule has 2 unspecified atom stereocenters. The third-order valence-corrected chi connectivity index (χ3v) is 6.76. The molecule has 162 valence electrons. The fraction of sp³-hybridized carbons (Fsp3) is 0.455. The summed E-state index contributed by atoms with van der Waals surface area (Å²) < 4.78 is 0. The van der Waals surface area contributed by atoms with Gasteiger partial charge in [0.15, 0.2) is 0 Å². The fourth-order valence-corrected chi connectivity index (χ4v) is 4.89. The molecule has 0 spiro atoms. The Bertz CT molecular complexity index is 872. The maximum Gasteiger partial charge on any atom is 0.319 e. The fourth-order valence-electron chi connectivity index (χ4n) is 3.70. The van der Waals surface area contributed by atoms with Crippen LogP contribution in [0.25, 0.3) is 0 Å². The van der Waals surface area contributed by atoms with Crippen molar-refractivity contribution in [1.29, 1.82) is 0 Å². The van der Waals surface area contributed by atoms with E-state index in [-0.39, 0.29) is 24.0 Å². The number of nitrogens with zero attached hydrogens (tertiary/aromatic N) is 2. The lowest BCUT2D eigenvalue weighted by atomic mass is 10.0. The lowest BCUT2D eigenvalue weighted by Crippen LogP contribution is -2.42. The Balaban J connectivity index is 1.59. The van der Waals surface area contributed by atoms with Crippen molar-refractivity contribution < 1.29 is 9.59 Å². The van der Waals surface area contributed by atoms with Gasteiger partial charge in [0.25, 0.3) is 5.91 Å². The summed E-state index contributed by atoms with van der Waals surface area (Å²) in [7, 11) is 3.98. The summed E-state index contributed by atoms with van der Waals surface area (Å²) >= 11 is 8.05. The molecule has 2 atom stereocenters. The average molecular weight is 449 g/mol. The molecule has 2 heterocycles. The van der Waals surface area contributed by atoms with E-state index in [1.807, 2.05) is 30.4 Å². The number of likely N-dealkylation sites (N-methyl/N-ethyl adjacent to an activating group) is 1. The van der Waals surface area contributed by atoms with Crippen molar-refractivity contribution in [3.8, 4) is 0 Å². The number of halogens is 1. The Hall–Kier alpha value is -2.09. The Kier molecular flexibility index (Phi) is 7.75. The van der Waals surface area contributed by atoms with Crippen molar-refractivity contribution >= 4 is 40.6 Å². The number of piperidine rings is 1. The number of nitrogens with one attached hydrogen (secondary N) is 2. The molecule has 1 fully saturated rings. The molecule has 0 radical (unpaired) electrons. The zero-order valence-corrected chi connectivity index (χ0v) is 19.2. The highest BCUT2D eigenvalue weighted by atomic mass is 35.5. The number of hydrogen-bond acceptors (Lipinski definition) is 4. The monoisotopic (exact) mass is 448 g/mol. The van der Waals surface area contributed by atoms with Crippen LogP contribution in [0.5, 0.6) is 0 Å². The third-order valence-electron chi connectivity index (χ3n) is 5.47. The molecule has 3 rings (SSSR count). The van der Waals surface area contributed by atoms with Crippen LogP contribution >= 0.6 is 22.9 Å². The van der Waals surface area contributed by atoms with Crippen molar-refractivity contribution in [1.82, 2.24) is 15.1 Å². The van der Waals surface area contributed by atoms with E-state index in [2.05, 4.69) is 28.5 Å². The quantitative estimate of drug-likeness (QED) is 0.664. The molecule has 1 aromatic heterocycles. The summed E-state index contributed by atoms with van der Waals surface area (Å²) in [5, 5.41) is 8.09. The molecule has 30 heavy (non-hydrogen) atoms. The molecular formula is C22H29ClN4O2S. The predicted molar refractivity (Wildman–Crippen MR) is 124 cm³/mol. The number of thiophene rings is 1. The molecule has 6 nitrogen and oxygen atoms in total. The van der Waals surface area contributed by atoms with E-state index >= 15 is 0 Å². The van der Waals surface area contributed by atoms with Gasteiger partial charge in [0, 0.05) is 29.7 Å². The van der Waals surface area contributed by atoms with Crippen LogP contribution in [0.4, 0.5) is 10.5 Å². The summed E-state index contributed by atoms with van der Waals surface area (Å²) in [5.74, 6) is -0.0482. The van der Waals surface area contributed by atoms with Crippen LogP contribution in [0.15, 0.2) is 35.7 Å². The lowest BCUT2D eigenvalue weighted by Gasteiger charge is -2.33. The van der Waals surface area contributed by atoms with Crippen LogP contribution < -0.4 is 10.6 Å². The maximum atomic E-state index is 12.9. The van der Waals surface area contributed by atoms with Gasteiger partial charge in [-0.2, -0.15) is 0 Å². The van der Waals surface area contributed by atoms with Crippen LogP contribution in [0.3, 0.4) is 0 Å². The van der Waals surface area contributed by atoms with Gasteiger partial charge >= 0.3 is 6.03 Å². The number of carbonyl (C=O) groups is 2. The first-order valence-corrected chi connectivity index (χ1v) is 11.5. The summed E-state index contributed by atoms with van der Waals surface area (Å²) in [6.07, 6.45) is 3.19. The molecule has 1 saturated heterocycles. The van der Waals surface area contributed by atoms with Crippen molar-refractivity contribution in [2.24, 2.45) is 0 Å². The molecule has 0 aliphatic carbocycles. The Labute approximate surface area is 187 Å². The van der Waals surface area contributed by atoms with E-state index in [9.17, 15) is 9.59 Å². The molecule has 0 bridgehead atoms. The normalized spacial score (nSPS) is 17.6. The second-order valence-electron chi connectivity index (χ2n) is 7.87. The molecule has 1 aliphatic rings. The number of urea groups is 1. The zero-order valence-electron chi connectivity index (χ0n) is 17.7. The number of rotatable bonds is 6. The number of hydrogen-bond donors (Lipinski definition) is 2. The van der Waals surface area contributed by atoms with Gasteiger partial charge in [-0.15, -0.1) is 11.3 Å². The summed E-state index contributed by atoms with van der Waals surface area (Å²) in [5.41, 5.74) is 1.03. The zero-order chi connectivity index (χ0) is 21.7. The highest BCUT2D eigenvalue weighted by Gasteiger charge is 2.25. The first-order valence-electron chi connectivity index (χ1n) is 10.2. The molecule has 1 aromatic carbocycles. The van der Waals surface area contributed by atoms with Crippen LogP contribution in [-0.2, 0) is 0 Å². The first kappa shape index (κ1) is 22.6. The van der Waals surface area contributed by atoms with Crippen LogP contribution in [0, 0.1) is 0 Å². The molecule has 0 saturated carbocycles. The predicted octanol–water partition coefficient (Wildman–Crippen LogP) is 4.84. The highest BCUT2D eigenvalue weighted by Crippen LogP contribution is 2.26. The second kappa shape index (κ2) is 10.3. The molecule has 2 N–H and O–H groups in total. The smallest absolute Gasteiger partial charge is 0.319 e. The summed E-state index contributed by atoms with van der Waals surface area (Å²) in [6, 6.07) is 9.13. The van der Waals surface area contributed by atoms with E-state index in [1.54, 1.807) is 29.5 Å². The van der Waals surface area contributed by atoms with Gasteiger partial charge in [0.05, 0.1) is 16.6 Å². The first-order chi connectivity index (χ1) is 14.4. The lowest BCUT2D eigenvalue weighted by molar-refractivity contribution is 0.0636. The molecule has 2 aromatic rings. The van der Waals surface area contributed by atoms with E-state index in [1.165, 1.54) is 4.88 Å². The van der Waals surface area contributed by atoms with Gasteiger partial charge < -0.3 is 20.4 Å². The average Bonchev–Trinajstić information content (AvgIpc) is 3.22. The van der Waals surface area contributed by atoms with E-state index in [0.717, 1.165) is 25.8 Å². The number of anilines is 1. The maximum absolute atomic E-state index is 12.9. The van der Waals surface area contributed by atoms with Crippen LogP contribution in [0.1, 0.15) is 47.5 Å². The van der Waals surface area contributed by atoms with Gasteiger partial charge in [0.2, 0.25) is 0 Å². The molecule has 1 aliphatic heterocycles. The molecule has 8 heteroatoms. The van der Waals surface area contributed by atoms with Gasteiger partial charge in [-0.3, -0.25) is 4.79 Å². The standard InChI is InChI=1S/C22H29ClN4O2S/c1-15-7-4-5-11-27(15)21(28)17-10-9-16(13-18(17)23)25-22(29)24-14-19(26(2)3)20-8-6-12-30-20/h6,8-10,12-13,15,19H,4-5,7,11,14H2,1-3H3,(H2,24,25,29). The topological polar surface area (TPSA) is 64.7 Å². The number of benzene rings is 1. The minimum absolute atomic E-state index is 0.0482. The van der Waals surface area contributed by atoms with Crippen molar-refractivity contribution in [2.45, 2.75) is 38.3 Å². The van der Waals surface area contributed by atoms with Crippen molar-refractivity contribution in [3.05, 3.63) is 51.2 Å². The van der Waals surface area contributed by atoms with Crippen molar-refractivity contribution in [3.63, 3.8) is 0 Å². The van der Waals surface area contributed by atoms with Crippen molar-refractivity contribution in [2.75, 3.05) is 32.5 Å². The van der Waals surface area contributed by atoms with Gasteiger partial charge in [-0.1, -0.05) is 17.7 Å². The number of carbonyl (C=O) groups excluding carboxylic acids is 2. The number of likely N-dealkylation sites (tertiary alicyclic amines) is 1. The Morgan fingerprint density at radius 3 is 2.73 bits per heavy atom. The van der Waals surface area contributed by atoms with Crippen LogP contribution in [-0.4, -0.2) is 55.0 Å². The van der Waals surface area contributed by atoms with Gasteiger partial charge in [-0.25, -0.2) is 4.79 Å². The summed E-state index contributed by atoms with van der Waals surface area (Å²) in [4.78, 5) is 30.4. The minimum Gasteiger partial charge on any atom is -0.336 e. The second-order valence-corrected chi connectivity index (χ2v) is 9.25.